The molecule has 0 saturated heterocycles. The SMILES string of the molecule is ClP(c1cccc2cccc(P(Cl)C3C=CC=C3)c12)C1C=CC=C1. The fourth-order valence-electron chi connectivity index (χ4n) is 3.12. The molecule has 0 bridgehead atoms. The molecule has 2 atom stereocenters. The van der Waals surface area contributed by atoms with Gasteiger partial charge in [-0.15, -0.1) is 0 Å². The summed E-state index contributed by atoms with van der Waals surface area (Å²) in [6, 6.07) is 12.9. The second-order valence-corrected chi connectivity index (χ2v) is 11.4. The van der Waals surface area contributed by atoms with E-state index in [1.165, 1.54) is 21.4 Å². The van der Waals surface area contributed by atoms with Crippen molar-refractivity contribution in [3.8, 4) is 0 Å². The second-order valence-electron chi connectivity index (χ2n) is 5.80. The first kappa shape index (κ1) is 16.6. The first-order valence-electron chi connectivity index (χ1n) is 7.87. The van der Waals surface area contributed by atoms with E-state index in [1.54, 1.807) is 0 Å². The summed E-state index contributed by atoms with van der Waals surface area (Å²) >= 11 is 13.9. The molecule has 2 aliphatic rings. The molecule has 2 aromatic carbocycles. The number of rotatable bonds is 4. The zero-order chi connectivity index (χ0) is 16.5. The molecule has 0 heterocycles. The summed E-state index contributed by atoms with van der Waals surface area (Å²) in [5.74, 6) is 0. The molecule has 4 rings (SSSR count). The predicted molar refractivity (Wildman–Crippen MR) is 113 cm³/mol. The Kier molecular flexibility index (Phi) is 4.93. The van der Waals surface area contributed by atoms with E-state index in [0.717, 1.165) is 0 Å². The van der Waals surface area contributed by atoms with Crippen molar-refractivity contribution in [1.29, 1.82) is 0 Å². The van der Waals surface area contributed by atoms with Crippen LogP contribution in [0.15, 0.2) is 85.0 Å². The van der Waals surface area contributed by atoms with Crippen molar-refractivity contribution in [2.75, 3.05) is 0 Å². The fraction of sp³-hybridized carbons (Fsp3) is 0.100. The van der Waals surface area contributed by atoms with E-state index in [9.17, 15) is 0 Å². The van der Waals surface area contributed by atoms with Crippen molar-refractivity contribution in [3.05, 3.63) is 85.0 Å². The van der Waals surface area contributed by atoms with Gasteiger partial charge in [-0.25, -0.2) is 0 Å². The maximum Gasteiger partial charge on any atom is 0.0336 e. The Labute approximate surface area is 154 Å². The van der Waals surface area contributed by atoms with Gasteiger partial charge in [0.25, 0.3) is 0 Å². The molecule has 2 aliphatic carbocycles. The number of hydrogen-bond donors (Lipinski definition) is 0. The molecular formula is C20H16Cl2P2. The average Bonchev–Trinajstić information content (AvgIpc) is 3.32. The maximum absolute atomic E-state index is 6.93. The Morgan fingerprint density at radius 2 is 1.04 bits per heavy atom. The van der Waals surface area contributed by atoms with Gasteiger partial charge in [0.2, 0.25) is 0 Å². The van der Waals surface area contributed by atoms with Crippen LogP contribution in [0.4, 0.5) is 0 Å². The summed E-state index contributed by atoms with van der Waals surface area (Å²) < 4.78 is 0. The van der Waals surface area contributed by atoms with Crippen molar-refractivity contribution >= 4 is 58.4 Å². The molecule has 0 nitrogen and oxygen atoms in total. The van der Waals surface area contributed by atoms with Crippen LogP contribution >= 0.6 is 37.0 Å². The van der Waals surface area contributed by atoms with Gasteiger partial charge >= 0.3 is 0 Å². The van der Waals surface area contributed by atoms with Crippen molar-refractivity contribution in [3.63, 3.8) is 0 Å². The van der Waals surface area contributed by atoms with Crippen molar-refractivity contribution in [2.45, 2.75) is 11.3 Å². The lowest BCUT2D eigenvalue weighted by Crippen LogP contribution is -2.15. The topological polar surface area (TPSA) is 0 Å². The Morgan fingerprint density at radius 3 is 1.46 bits per heavy atom. The second kappa shape index (κ2) is 7.15. The zero-order valence-corrected chi connectivity index (χ0v) is 16.2. The Balaban J connectivity index is 1.85. The highest BCUT2D eigenvalue weighted by molar-refractivity contribution is 7.92. The summed E-state index contributed by atoms with van der Waals surface area (Å²) in [5, 5.41) is 4.95. The highest BCUT2D eigenvalue weighted by Gasteiger charge is 2.25. The molecule has 0 amide bonds. The maximum atomic E-state index is 6.93. The predicted octanol–water partition coefficient (Wildman–Crippen LogP) is 6.35. The lowest BCUT2D eigenvalue weighted by Gasteiger charge is -2.22. The number of fused-ring (bicyclic) bond motifs is 1. The van der Waals surface area contributed by atoms with Crippen molar-refractivity contribution in [1.82, 2.24) is 0 Å². The van der Waals surface area contributed by atoms with Crippen LogP contribution in [0.25, 0.3) is 10.8 Å². The standard InChI is InChI=1S/C20H16Cl2P2/c21-23(16-9-1-2-10-16)18-13-5-7-15-8-6-14-19(20(15)18)24(22)17-11-3-4-12-17/h1-14,16-17H. The van der Waals surface area contributed by atoms with E-state index in [2.05, 4.69) is 85.0 Å². The van der Waals surface area contributed by atoms with Gasteiger partial charge in [-0.2, -0.15) is 0 Å². The van der Waals surface area contributed by atoms with Crippen LogP contribution in [0.5, 0.6) is 0 Å². The first-order chi connectivity index (χ1) is 11.8. The summed E-state index contributed by atoms with van der Waals surface area (Å²) in [5.41, 5.74) is 0.598. The van der Waals surface area contributed by atoms with Crippen LogP contribution in [0.1, 0.15) is 0 Å². The summed E-state index contributed by atoms with van der Waals surface area (Å²) in [7, 11) is -1.63. The van der Waals surface area contributed by atoms with Crippen molar-refractivity contribution < 1.29 is 0 Å². The van der Waals surface area contributed by atoms with E-state index in [0.29, 0.717) is 11.3 Å². The fourth-order valence-corrected chi connectivity index (χ4v) is 7.86. The molecule has 24 heavy (non-hydrogen) atoms. The first-order valence-corrected chi connectivity index (χ1v) is 12.5. The van der Waals surface area contributed by atoms with Gasteiger partial charge in [0.1, 0.15) is 0 Å². The van der Waals surface area contributed by atoms with Gasteiger partial charge < -0.3 is 0 Å². The third kappa shape index (κ3) is 3.02. The Morgan fingerprint density at radius 1 is 0.625 bits per heavy atom. The molecule has 0 radical (unpaired) electrons. The van der Waals surface area contributed by atoms with Crippen LogP contribution in [0.3, 0.4) is 0 Å². The molecule has 2 unspecified atom stereocenters. The molecule has 0 fully saturated rings. The largest absolute Gasteiger partial charge is 0.0902 e. The summed E-state index contributed by atoms with van der Waals surface area (Å²) in [6.07, 6.45) is 17.1. The van der Waals surface area contributed by atoms with Gasteiger partial charge in [-0.3, -0.25) is 0 Å². The van der Waals surface area contributed by atoms with Gasteiger partial charge in [0.15, 0.2) is 0 Å². The highest BCUT2D eigenvalue weighted by atomic mass is 35.7. The summed E-state index contributed by atoms with van der Waals surface area (Å²) in [6.45, 7) is 0. The molecule has 120 valence electrons. The van der Waals surface area contributed by atoms with Gasteiger partial charge in [-0.05, 0) is 10.8 Å². The molecule has 0 aromatic heterocycles. The summed E-state index contributed by atoms with van der Waals surface area (Å²) in [4.78, 5) is 0. The van der Waals surface area contributed by atoms with Crippen LogP contribution in [0, 0.1) is 0 Å². The van der Waals surface area contributed by atoms with E-state index in [-0.39, 0.29) is 0 Å². The van der Waals surface area contributed by atoms with E-state index >= 15 is 0 Å². The minimum Gasteiger partial charge on any atom is -0.0902 e. The van der Waals surface area contributed by atoms with E-state index in [1.807, 2.05) is 0 Å². The molecule has 0 spiro atoms. The van der Waals surface area contributed by atoms with Crippen LogP contribution in [-0.2, 0) is 0 Å². The molecule has 2 aromatic rings. The molecular weight excluding hydrogens is 373 g/mol. The molecule has 0 N–H and O–H groups in total. The third-order valence-corrected chi connectivity index (χ3v) is 10.1. The van der Waals surface area contributed by atoms with E-state index < -0.39 is 14.5 Å². The number of hydrogen-bond acceptors (Lipinski definition) is 0. The van der Waals surface area contributed by atoms with Crippen LogP contribution < -0.4 is 10.6 Å². The number of benzene rings is 2. The normalized spacial score (nSPS) is 19.6. The van der Waals surface area contributed by atoms with Crippen molar-refractivity contribution in [2.24, 2.45) is 0 Å². The number of allylic oxidation sites excluding steroid dienone is 8. The Hall–Kier alpha value is -0.900. The lowest BCUT2D eigenvalue weighted by molar-refractivity contribution is 1.46. The lowest BCUT2D eigenvalue weighted by atomic mass is 10.1. The molecule has 0 aliphatic heterocycles. The minimum atomic E-state index is -0.815. The average molecular weight is 389 g/mol. The molecule has 0 saturated carbocycles. The smallest absolute Gasteiger partial charge is 0.0336 e. The highest BCUT2D eigenvalue weighted by Crippen LogP contribution is 2.52. The number of halogens is 2. The van der Waals surface area contributed by atoms with Gasteiger partial charge in [-0.1, -0.05) is 107 Å². The van der Waals surface area contributed by atoms with Gasteiger partial charge in [0, 0.05) is 36.5 Å². The Bertz CT molecular complexity index is 790. The van der Waals surface area contributed by atoms with E-state index in [4.69, 9.17) is 22.5 Å². The van der Waals surface area contributed by atoms with Crippen LogP contribution in [0.2, 0.25) is 0 Å². The van der Waals surface area contributed by atoms with Crippen LogP contribution in [-0.4, -0.2) is 11.3 Å². The quantitative estimate of drug-likeness (QED) is 0.535. The third-order valence-electron chi connectivity index (χ3n) is 4.30. The minimum absolute atomic E-state index is 0.299. The molecule has 4 heteroatoms. The monoisotopic (exact) mass is 388 g/mol. The van der Waals surface area contributed by atoms with Gasteiger partial charge in [0.05, 0.1) is 0 Å². The zero-order valence-electron chi connectivity index (χ0n) is 12.9.